The van der Waals surface area contributed by atoms with Crippen LogP contribution in [-0.4, -0.2) is 50.1 Å². The van der Waals surface area contributed by atoms with Crippen LogP contribution in [0.25, 0.3) is 0 Å². The Hall–Kier alpha value is -0.810. The van der Waals surface area contributed by atoms with Crippen LogP contribution >= 0.6 is 24.0 Å². The number of piperidine rings is 1. The summed E-state index contributed by atoms with van der Waals surface area (Å²) in [6.07, 6.45) is 4.61. The lowest BCUT2D eigenvalue weighted by Crippen LogP contribution is -2.46. The molecule has 1 aromatic carbocycles. The molecule has 2 heterocycles. The van der Waals surface area contributed by atoms with Crippen molar-refractivity contribution in [2.75, 3.05) is 38.1 Å². The fourth-order valence-electron chi connectivity index (χ4n) is 3.78. The van der Waals surface area contributed by atoms with Gasteiger partial charge in [-0.25, -0.2) is 0 Å². The summed E-state index contributed by atoms with van der Waals surface area (Å²) in [5.74, 6) is 1.06. The molecule has 6 heteroatoms. The van der Waals surface area contributed by atoms with Crippen molar-refractivity contribution < 1.29 is 4.79 Å². The van der Waals surface area contributed by atoms with E-state index in [2.05, 4.69) is 10.2 Å². The third-order valence-corrected chi connectivity index (χ3v) is 5.46. The number of anilines is 1. The largest absolute Gasteiger partial charge is 0.320 e. The molecule has 2 saturated heterocycles. The quantitative estimate of drug-likeness (QED) is 0.862. The van der Waals surface area contributed by atoms with Crippen LogP contribution in [0.4, 0.5) is 5.69 Å². The first-order valence-corrected chi connectivity index (χ1v) is 9.02. The van der Waals surface area contributed by atoms with Crippen molar-refractivity contribution in [2.45, 2.75) is 31.7 Å². The molecule has 2 fully saturated rings. The number of carbonyl (C=O) groups is 1. The summed E-state index contributed by atoms with van der Waals surface area (Å²) in [6.45, 7) is 4.01. The third-order valence-electron chi connectivity index (χ3n) is 5.21. The summed E-state index contributed by atoms with van der Waals surface area (Å²) < 4.78 is 0. The van der Waals surface area contributed by atoms with Crippen LogP contribution in [-0.2, 0) is 4.79 Å². The topological polar surface area (TPSA) is 35.6 Å². The maximum Gasteiger partial charge on any atom is 0.244 e. The van der Waals surface area contributed by atoms with Crippen LogP contribution in [0, 0.1) is 5.92 Å². The Morgan fingerprint density at radius 3 is 2.42 bits per heavy atom. The summed E-state index contributed by atoms with van der Waals surface area (Å²) in [6, 6.07) is 7.64. The van der Waals surface area contributed by atoms with Gasteiger partial charge in [0, 0.05) is 17.3 Å². The third kappa shape index (κ3) is 4.42. The molecule has 0 radical (unpaired) electrons. The van der Waals surface area contributed by atoms with Crippen LogP contribution in [0.3, 0.4) is 0 Å². The Bertz CT molecular complexity index is 530. The van der Waals surface area contributed by atoms with Crippen molar-refractivity contribution in [2.24, 2.45) is 5.92 Å². The fraction of sp³-hybridized carbons (Fsp3) is 0.611. The van der Waals surface area contributed by atoms with E-state index in [0.29, 0.717) is 5.02 Å². The predicted octanol–water partition coefficient (Wildman–Crippen LogP) is 3.19. The molecule has 0 spiro atoms. The Labute approximate surface area is 155 Å². The molecule has 2 aliphatic rings. The molecular weight excluding hydrogens is 345 g/mol. The zero-order valence-electron chi connectivity index (χ0n) is 14.2. The normalized spacial score (nSPS) is 22.7. The lowest BCUT2D eigenvalue weighted by Gasteiger charge is -2.35. The van der Waals surface area contributed by atoms with Gasteiger partial charge in [0.25, 0.3) is 0 Å². The van der Waals surface area contributed by atoms with Crippen molar-refractivity contribution in [1.82, 2.24) is 10.2 Å². The van der Waals surface area contributed by atoms with Gasteiger partial charge in [-0.05, 0) is 82.5 Å². The van der Waals surface area contributed by atoms with Gasteiger partial charge in [-0.3, -0.25) is 9.69 Å². The number of rotatable bonds is 5. The highest BCUT2D eigenvalue weighted by Crippen LogP contribution is 2.29. The number of benzene rings is 1. The zero-order chi connectivity index (χ0) is 16.2. The van der Waals surface area contributed by atoms with E-state index in [1.807, 2.05) is 36.2 Å². The Morgan fingerprint density at radius 1 is 1.12 bits per heavy atom. The first kappa shape index (κ1) is 19.5. The SMILES string of the molecule is CNCCC1CCN(C2CCN(c3ccc(Cl)cc3)C2=O)CC1.Cl. The molecule has 2 aliphatic heterocycles. The van der Waals surface area contributed by atoms with E-state index in [1.54, 1.807) is 0 Å². The molecule has 0 aliphatic carbocycles. The van der Waals surface area contributed by atoms with Crippen molar-refractivity contribution in [3.05, 3.63) is 29.3 Å². The van der Waals surface area contributed by atoms with Crippen LogP contribution in [0.1, 0.15) is 25.7 Å². The van der Waals surface area contributed by atoms with Crippen LogP contribution in [0.5, 0.6) is 0 Å². The minimum atomic E-state index is 0. The van der Waals surface area contributed by atoms with E-state index >= 15 is 0 Å². The molecule has 3 rings (SSSR count). The molecule has 1 N–H and O–H groups in total. The number of halogens is 2. The summed E-state index contributed by atoms with van der Waals surface area (Å²) >= 11 is 5.94. The van der Waals surface area contributed by atoms with E-state index in [0.717, 1.165) is 44.2 Å². The molecule has 0 bridgehead atoms. The summed E-state index contributed by atoms with van der Waals surface area (Å²) in [5.41, 5.74) is 0.964. The highest BCUT2D eigenvalue weighted by atomic mass is 35.5. The second-order valence-electron chi connectivity index (χ2n) is 6.64. The minimum absolute atomic E-state index is 0. The van der Waals surface area contributed by atoms with Gasteiger partial charge in [0.15, 0.2) is 0 Å². The number of nitrogens with one attached hydrogen (secondary N) is 1. The first-order chi connectivity index (χ1) is 11.2. The number of hydrogen-bond acceptors (Lipinski definition) is 3. The molecule has 4 nitrogen and oxygen atoms in total. The molecule has 1 aromatic rings. The molecule has 1 amide bonds. The lowest BCUT2D eigenvalue weighted by molar-refractivity contribution is -0.122. The van der Waals surface area contributed by atoms with Gasteiger partial charge in [-0.1, -0.05) is 11.6 Å². The Balaban J connectivity index is 0.00000208. The second kappa shape index (κ2) is 9.04. The predicted molar refractivity (Wildman–Crippen MR) is 102 cm³/mol. The monoisotopic (exact) mass is 371 g/mol. The zero-order valence-corrected chi connectivity index (χ0v) is 15.8. The molecule has 24 heavy (non-hydrogen) atoms. The van der Waals surface area contributed by atoms with Gasteiger partial charge in [-0.15, -0.1) is 12.4 Å². The fourth-order valence-corrected chi connectivity index (χ4v) is 3.91. The van der Waals surface area contributed by atoms with Crippen LogP contribution in [0.15, 0.2) is 24.3 Å². The number of hydrogen-bond donors (Lipinski definition) is 1. The Kier molecular flexibility index (Phi) is 7.35. The van der Waals surface area contributed by atoms with E-state index in [9.17, 15) is 4.79 Å². The van der Waals surface area contributed by atoms with Crippen molar-refractivity contribution in [3.63, 3.8) is 0 Å². The molecule has 1 unspecified atom stereocenters. The van der Waals surface area contributed by atoms with E-state index in [1.165, 1.54) is 19.3 Å². The molecule has 0 saturated carbocycles. The van der Waals surface area contributed by atoms with Gasteiger partial charge in [0.05, 0.1) is 6.04 Å². The molecular formula is C18H27Cl2N3O. The standard InChI is InChI=1S/C18H26ClN3O.ClH/c1-20-10-6-14-7-11-21(12-8-14)17-9-13-22(18(17)23)16-4-2-15(19)3-5-16;/h2-5,14,17,20H,6-13H2,1H3;1H. The number of carbonyl (C=O) groups excluding carboxylic acids is 1. The molecule has 134 valence electrons. The van der Waals surface area contributed by atoms with Crippen molar-refractivity contribution >= 4 is 35.6 Å². The molecule has 0 aromatic heterocycles. The number of likely N-dealkylation sites (tertiary alicyclic amines) is 1. The van der Waals surface area contributed by atoms with Gasteiger partial charge in [0.1, 0.15) is 0 Å². The maximum atomic E-state index is 12.8. The van der Waals surface area contributed by atoms with E-state index < -0.39 is 0 Å². The summed E-state index contributed by atoms with van der Waals surface area (Å²) in [5, 5.41) is 3.94. The van der Waals surface area contributed by atoms with Crippen LogP contribution in [0.2, 0.25) is 5.02 Å². The smallest absolute Gasteiger partial charge is 0.244 e. The minimum Gasteiger partial charge on any atom is -0.320 e. The van der Waals surface area contributed by atoms with Crippen LogP contribution < -0.4 is 10.2 Å². The van der Waals surface area contributed by atoms with Gasteiger partial charge in [-0.2, -0.15) is 0 Å². The summed E-state index contributed by atoms with van der Waals surface area (Å²) in [7, 11) is 2.01. The first-order valence-electron chi connectivity index (χ1n) is 8.64. The lowest BCUT2D eigenvalue weighted by atomic mass is 9.92. The average molecular weight is 372 g/mol. The van der Waals surface area contributed by atoms with Crippen molar-refractivity contribution in [1.29, 1.82) is 0 Å². The van der Waals surface area contributed by atoms with Gasteiger partial charge >= 0.3 is 0 Å². The Morgan fingerprint density at radius 2 is 1.79 bits per heavy atom. The molecule has 1 atom stereocenters. The van der Waals surface area contributed by atoms with E-state index in [4.69, 9.17) is 11.6 Å². The number of amides is 1. The summed E-state index contributed by atoms with van der Waals surface area (Å²) in [4.78, 5) is 17.1. The highest BCUT2D eigenvalue weighted by Gasteiger charge is 2.37. The maximum absolute atomic E-state index is 12.8. The highest BCUT2D eigenvalue weighted by molar-refractivity contribution is 6.30. The number of nitrogens with zero attached hydrogens (tertiary/aromatic N) is 2. The van der Waals surface area contributed by atoms with E-state index in [-0.39, 0.29) is 24.4 Å². The van der Waals surface area contributed by atoms with Crippen molar-refractivity contribution in [3.8, 4) is 0 Å². The van der Waals surface area contributed by atoms with Gasteiger partial charge < -0.3 is 10.2 Å². The van der Waals surface area contributed by atoms with Gasteiger partial charge in [0.2, 0.25) is 5.91 Å². The average Bonchev–Trinajstić information content (AvgIpc) is 2.96. The second-order valence-corrected chi connectivity index (χ2v) is 7.08.